The molecule has 2 nitrogen and oxygen atoms in total. The van der Waals surface area contributed by atoms with Crippen LogP contribution >= 0.6 is 11.6 Å². The van der Waals surface area contributed by atoms with Crippen LogP contribution in [-0.4, -0.2) is 0 Å². The molecular weight excluding hydrogens is 232 g/mol. The van der Waals surface area contributed by atoms with E-state index in [0.29, 0.717) is 5.02 Å². The number of nitrogens with two attached hydrogens (primary N) is 1. The minimum Gasteiger partial charge on any atom is -0.398 e. The molecule has 0 saturated carbocycles. The van der Waals surface area contributed by atoms with Gasteiger partial charge in [0.05, 0.1) is 10.7 Å². The molecule has 88 valence electrons. The lowest BCUT2D eigenvalue weighted by molar-refractivity contribution is 1.41. The molecule has 0 saturated heterocycles. The number of aryl methyl sites for hydroxylation is 1. The lowest BCUT2D eigenvalue weighted by Crippen LogP contribution is -1.97. The van der Waals surface area contributed by atoms with Gasteiger partial charge in [0, 0.05) is 11.4 Å². The maximum Gasteiger partial charge on any atom is 0.0643 e. The summed E-state index contributed by atoms with van der Waals surface area (Å²) in [5.41, 5.74) is 10.7. The maximum atomic E-state index is 6.18. The highest BCUT2D eigenvalue weighted by Crippen LogP contribution is 2.29. The van der Waals surface area contributed by atoms with Crippen molar-refractivity contribution in [3.63, 3.8) is 0 Å². The molecule has 3 N–H and O–H groups in total. The molecule has 0 aliphatic heterocycles. The van der Waals surface area contributed by atoms with Gasteiger partial charge in [-0.15, -0.1) is 0 Å². The molecule has 0 heterocycles. The number of rotatable bonds is 2. The zero-order chi connectivity index (χ0) is 12.4. The Kier molecular flexibility index (Phi) is 3.25. The van der Waals surface area contributed by atoms with Crippen molar-refractivity contribution in [1.29, 1.82) is 0 Å². The molecule has 0 aliphatic rings. The number of hydrogen-bond acceptors (Lipinski definition) is 2. The fourth-order valence-corrected chi connectivity index (χ4v) is 1.94. The smallest absolute Gasteiger partial charge is 0.0643 e. The van der Waals surface area contributed by atoms with Gasteiger partial charge in [-0.2, -0.15) is 0 Å². The lowest BCUT2D eigenvalue weighted by atomic mass is 10.1. The van der Waals surface area contributed by atoms with Crippen LogP contribution in [-0.2, 0) is 0 Å². The van der Waals surface area contributed by atoms with Gasteiger partial charge in [-0.25, -0.2) is 0 Å². The summed E-state index contributed by atoms with van der Waals surface area (Å²) in [6.45, 7) is 4.00. The molecule has 0 aromatic heterocycles. The second-order valence-corrected chi connectivity index (χ2v) is 4.54. The Hall–Kier alpha value is -1.67. The van der Waals surface area contributed by atoms with Crippen LogP contribution in [0.25, 0.3) is 0 Å². The van der Waals surface area contributed by atoms with Crippen LogP contribution < -0.4 is 11.1 Å². The molecule has 0 aliphatic carbocycles. The number of anilines is 3. The largest absolute Gasteiger partial charge is 0.398 e. The zero-order valence-corrected chi connectivity index (χ0v) is 10.7. The molecule has 3 heteroatoms. The van der Waals surface area contributed by atoms with E-state index in [1.165, 1.54) is 0 Å². The van der Waals surface area contributed by atoms with Gasteiger partial charge in [-0.1, -0.05) is 23.7 Å². The van der Waals surface area contributed by atoms with Gasteiger partial charge in [0.1, 0.15) is 0 Å². The fraction of sp³-hybridized carbons (Fsp3) is 0.143. The quantitative estimate of drug-likeness (QED) is 0.776. The van der Waals surface area contributed by atoms with Gasteiger partial charge in [0.15, 0.2) is 0 Å². The minimum absolute atomic E-state index is 0.715. The van der Waals surface area contributed by atoms with E-state index in [0.717, 1.165) is 28.2 Å². The Labute approximate surface area is 106 Å². The molecule has 0 atom stereocenters. The predicted octanol–water partition coefficient (Wildman–Crippen LogP) is 4.28. The molecule has 2 aromatic carbocycles. The van der Waals surface area contributed by atoms with Crippen LogP contribution in [0.5, 0.6) is 0 Å². The molecule has 0 unspecified atom stereocenters. The summed E-state index contributed by atoms with van der Waals surface area (Å²) in [7, 11) is 0. The van der Waals surface area contributed by atoms with Crippen LogP contribution in [0, 0.1) is 13.8 Å². The highest BCUT2D eigenvalue weighted by atomic mass is 35.5. The van der Waals surface area contributed by atoms with Crippen molar-refractivity contribution in [3.05, 3.63) is 52.5 Å². The van der Waals surface area contributed by atoms with Gasteiger partial charge < -0.3 is 11.1 Å². The first-order valence-corrected chi connectivity index (χ1v) is 5.84. The summed E-state index contributed by atoms with van der Waals surface area (Å²) < 4.78 is 0. The molecule has 2 rings (SSSR count). The third kappa shape index (κ3) is 2.53. The molecule has 0 amide bonds. The van der Waals surface area contributed by atoms with Gasteiger partial charge in [-0.05, 0) is 49.2 Å². The molecule has 0 bridgehead atoms. The number of benzene rings is 2. The van der Waals surface area contributed by atoms with Crippen molar-refractivity contribution < 1.29 is 0 Å². The van der Waals surface area contributed by atoms with Gasteiger partial charge in [0.2, 0.25) is 0 Å². The topological polar surface area (TPSA) is 38.0 Å². The van der Waals surface area contributed by atoms with Crippen molar-refractivity contribution in [2.45, 2.75) is 13.8 Å². The van der Waals surface area contributed by atoms with Crippen molar-refractivity contribution in [3.8, 4) is 0 Å². The highest BCUT2D eigenvalue weighted by molar-refractivity contribution is 6.33. The Balaban J connectivity index is 2.35. The number of nitrogens with one attached hydrogen (secondary N) is 1. The van der Waals surface area contributed by atoms with Crippen LogP contribution in [0.1, 0.15) is 11.1 Å². The first-order valence-electron chi connectivity index (χ1n) is 5.46. The van der Waals surface area contributed by atoms with E-state index in [4.69, 9.17) is 17.3 Å². The van der Waals surface area contributed by atoms with Gasteiger partial charge >= 0.3 is 0 Å². The third-order valence-corrected chi connectivity index (χ3v) is 3.08. The Morgan fingerprint density at radius 1 is 1.06 bits per heavy atom. The first-order chi connectivity index (χ1) is 8.08. The summed E-state index contributed by atoms with van der Waals surface area (Å²) in [4.78, 5) is 0. The summed E-state index contributed by atoms with van der Waals surface area (Å²) in [6.07, 6.45) is 0. The molecule has 0 fully saturated rings. The highest BCUT2D eigenvalue weighted by Gasteiger charge is 2.04. The summed E-state index contributed by atoms with van der Waals surface area (Å²) >= 11 is 6.18. The number of halogens is 1. The zero-order valence-electron chi connectivity index (χ0n) is 9.92. The van der Waals surface area contributed by atoms with Gasteiger partial charge in [-0.3, -0.25) is 0 Å². The average Bonchev–Trinajstić information content (AvgIpc) is 2.28. The molecule has 0 spiro atoms. The van der Waals surface area contributed by atoms with E-state index in [2.05, 4.69) is 5.32 Å². The van der Waals surface area contributed by atoms with Crippen LogP contribution in [0.4, 0.5) is 17.1 Å². The Morgan fingerprint density at radius 3 is 2.53 bits per heavy atom. The van der Waals surface area contributed by atoms with E-state index >= 15 is 0 Å². The molecular formula is C14H15ClN2. The van der Waals surface area contributed by atoms with E-state index in [-0.39, 0.29) is 0 Å². The van der Waals surface area contributed by atoms with Crippen molar-refractivity contribution in [2.75, 3.05) is 11.1 Å². The van der Waals surface area contributed by atoms with E-state index in [1.807, 2.05) is 50.2 Å². The van der Waals surface area contributed by atoms with E-state index < -0.39 is 0 Å². The Bertz CT molecular complexity index is 550. The van der Waals surface area contributed by atoms with Crippen molar-refractivity contribution in [2.24, 2.45) is 0 Å². The number of hydrogen-bond donors (Lipinski definition) is 2. The fourth-order valence-electron chi connectivity index (χ4n) is 1.66. The summed E-state index contributed by atoms with van der Waals surface area (Å²) in [6, 6.07) is 11.7. The van der Waals surface area contributed by atoms with Gasteiger partial charge in [0.25, 0.3) is 0 Å². The van der Waals surface area contributed by atoms with Crippen LogP contribution in [0.2, 0.25) is 5.02 Å². The third-order valence-electron chi connectivity index (χ3n) is 2.77. The summed E-state index contributed by atoms with van der Waals surface area (Å²) in [5, 5.41) is 4.01. The molecule has 17 heavy (non-hydrogen) atoms. The predicted molar refractivity (Wildman–Crippen MR) is 75.1 cm³/mol. The number of nitrogen functional groups attached to an aromatic ring is 1. The second-order valence-electron chi connectivity index (χ2n) is 4.13. The van der Waals surface area contributed by atoms with Crippen molar-refractivity contribution >= 4 is 28.7 Å². The summed E-state index contributed by atoms with van der Waals surface area (Å²) in [5.74, 6) is 0. The normalized spacial score (nSPS) is 10.3. The van der Waals surface area contributed by atoms with Crippen LogP contribution in [0.3, 0.4) is 0 Å². The first kappa shape index (κ1) is 11.8. The van der Waals surface area contributed by atoms with Crippen molar-refractivity contribution in [1.82, 2.24) is 0 Å². The molecule has 2 aromatic rings. The average molecular weight is 247 g/mol. The van der Waals surface area contributed by atoms with E-state index in [1.54, 1.807) is 0 Å². The van der Waals surface area contributed by atoms with E-state index in [9.17, 15) is 0 Å². The standard InChI is InChI=1S/C14H15ClN2/c1-9-6-7-14(11(15)8-9)17-13-5-3-4-12(16)10(13)2/h3-8,17H,16H2,1-2H3. The Morgan fingerprint density at radius 2 is 1.82 bits per heavy atom. The lowest BCUT2D eigenvalue weighted by Gasteiger charge is -2.12. The maximum absolute atomic E-state index is 6.18. The van der Waals surface area contributed by atoms with Crippen LogP contribution in [0.15, 0.2) is 36.4 Å². The second kappa shape index (κ2) is 4.68. The SMILES string of the molecule is Cc1ccc(Nc2cccc(N)c2C)c(Cl)c1. The minimum atomic E-state index is 0.715. The molecule has 0 radical (unpaired) electrons. The monoisotopic (exact) mass is 246 g/mol.